The molecule has 27 heavy (non-hydrogen) atoms. The van der Waals surface area contributed by atoms with Gasteiger partial charge in [-0.1, -0.05) is 22.9 Å². The molecular formula is C17H13ClFN3O2S3. The first-order valence-corrected chi connectivity index (χ1v) is 11.3. The van der Waals surface area contributed by atoms with E-state index in [1.54, 1.807) is 18.2 Å². The molecule has 0 aliphatic rings. The number of benzene rings is 1. The number of thiazole rings is 1. The van der Waals surface area contributed by atoms with Gasteiger partial charge in [0.05, 0.1) is 10.0 Å². The third-order valence-electron chi connectivity index (χ3n) is 4.03. The number of imidazole rings is 1. The molecule has 0 bridgehead atoms. The van der Waals surface area contributed by atoms with Crippen molar-refractivity contribution in [3.8, 4) is 11.3 Å². The molecule has 1 N–H and O–H groups in total. The molecule has 1 aromatic carbocycles. The summed E-state index contributed by atoms with van der Waals surface area (Å²) >= 11 is 8.24. The van der Waals surface area contributed by atoms with E-state index < -0.39 is 10.0 Å². The van der Waals surface area contributed by atoms with E-state index >= 15 is 0 Å². The molecule has 0 aliphatic carbocycles. The summed E-state index contributed by atoms with van der Waals surface area (Å²) in [4.78, 5) is 6.19. The molecule has 0 radical (unpaired) electrons. The lowest BCUT2D eigenvalue weighted by molar-refractivity contribution is 0.583. The van der Waals surface area contributed by atoms with Gasteiger partial charge in [0.1, 0.15) is 10.0 Å². The highest BCUT2D eigenvalue weighted by Crippen LogP contribution is 2.29. The number of nitrogens with one attached hydrogen (secondary N) is 1. The topological polar surface area (TPSA) is 63.5 Å². The summed E-state index contributed by atoms with van der Waals surface area (Å²) in [6.45, 7) is 2.08. The summed E-state index contributed by atoms with van der Waals surface area (Å²) in [7, 11) is -3.60. The van der Waals surface area contributed by atoms with Gasteiger partial charge in [0.25, 0.3) is 0 Å². The number of halogens is 2. The minimum atomic E-state index is -3.60. The second-order valence-electron chi connectivity index (χ2n) is 5.78. The summed E-state index contributed by atoms with van der Waals surface area (Å²) in [5.41, 5.74) is 2.47. The van der Waals surface area contributed by atoms with E-state index in [1.165, 1.54) is 29.5 Å². The second kappa shape index (κ2) is 6.99. The van der Waals surface area contributed by atoms with Gasteiger partial charge in [0.2, 0.25) is 10.0 Å². The molecule has 0 spiro atoms. The number of aryl methyl sites for hydroxylation is 1. The number of hydrogen-bond acceptors (Lipinski definition) is 5. The van der Waals surface area contributed by atoms with Crippen LogP contribution in [-0.4, -0.2) is 17.8 Å². The third-order valence-corrected chi connectivity index (χ3v) is 8.31. The maximum atomic E-state index is 13.1. The summed E-state index contributed by atoms with van der Waals surface area (Å²) in [5.74, 6) is -0.294. The Kier molecular flexibility index (Phi) is 4.81. The van der Waals surface area contributed by atoms with E-state index in [2.05, 4.69) is 9.71 Å². The van der Waals surface area contributed by atoms with Crippen LogP contribution in [0.2, 0.25) is 4.34 Å². The Morgan fingerprint density at radius 3 is 2.56 bits per heavy atom. The van der Waals surface area contributed by atoms with E-state index in [9.17, 15) is 12.8 Å². The van der Waals surface area contributed by atoms with Crippen molar-refractivity contribution in [3.05, 3.63) is 63.3 Å². The van der Waals surface area contributed by atoms with Crippen molar-refractivity contribution in [3.63, 3.8) is 0 Å². The van der Waals surface area contributed by atoms with Crippen LogP contribution < -0.4 is 4.72 Å². The Morgan fingerprint density at radius 1 is 1.19 bits per heavy atom. The fraction of sp³-hybridized carbons (Fsp3) is 0.118. The van der Waals surface area contributed by atoms with Crippen LogP contribution in [0.25, 0.3) is 16.2 Å². The van der Waals surface area contributed by atoms with E-state index in [0.717, 1.165) is 38.1 Å². The van der Waals surface area contributed by atoms with Gasteiger partial charge in [-0.3, -0.25) is 4.40 Å². The number of nitrogens with zero attached hydrogens (tertiary/aromatic N) is 2. The van der Waals surface area contributed by atoms with Crippen LogP contribution >= 0.6 is 34.3 Å². The lowest BCUT2D eigenvalue weighted by atomic mass is 10.2. The fourth-order valence-electron chi connectivity index (χ4n) is 2.59. The van der Waals surface area contributed by atoms with Crippen LogP contribution in [0.4, 0.5) is 4.39 Å². The molecular weight excluding hydrogens is 429 g/mol. The van der Waals surface area contributed by atoms with Gasteiger partial charge in [0.15, 0.2) is 4.96 Å². The number of rotatable bonds is 5. The van der Waals surface area contributed by atoms with Crippen molar-refractivity contribution in [2.75, 3.05) is 0 Å². The molecule has 3 aromatic heterocycles. The molecule has 0 atom stereocenters. The molecule has 140 valence electrons. The summed E-state index contributed by atoms with van der Waals surface area (Å²) in [6.07, 6.45) is 1.87. The SMILES string of the molecule is Cc1c(CNS(=O)(=O)c2ccc(Cl)s2)sc2nc(-c3ccc(F)cc3)cn12. The predicted octanol–water partition coefficient (Wildman–Crippen LogP) is 4.70. The lowest BCUT2D eigenvalue weighted by Crippen LogP contribution is -2.22. The molecule has 10 heteroatoms. The minimum absolute atomic E-state index is 0.170. The molecule has 4 rings (SSSR count). The summed E-state index contributed by atoms with van der Waals surface area (Å²) < 4.78 is 42.9. The smallest absolute Gasteiger partial charge is 0.250 e. The monoisotopic (exact) mass is 441 g/mol. The first kappa shape index (κ1) is 18.6. The highest BCUT2D eigenvalue weighted by Gasteiger charge is 2.19. The van der Waals surface area contributed by atoms with Gasteiger partial charge >= 0.3 is 0 Å². The maximum absolute atomic E-state index is 13.1. The predicted molar refractivity (Wildman–Crippen MR) is 107 cm³/mol. The Morgan fingerprint density at radius 2 is 1.93 bits per heavy atom. The molecule has 0 saturated carbocycles. The van der Waals surface area contributed by atoms with Crippen molar-refractivity contribution in [2.45, 2.75) is 17.7 Å². The number of sulfonamides is 1. The molecule has 3 heterocycles. The van der Waals surface area contributed by atoms with Crippen molar-refractivity contribution >= 4 is 49.3 Å². The maximum Gasteiger partial charge on any atom is 0.250 e. The van der Waals surface area contributed by atoms with Gasteiger partial charge in [-0.15, -0.1) is 11.3 Å². The van der Waals surface area contributed by atoms with Gasteiger partial charge < -0.3 is 0 Å². The Hall–Kier alpha value is -1.78. The average Bonchev–Trinajstić information content (AvgIpc) is 3.31. The van der Waals surface area contributed by atoms with E-state index in [0.29, 0.717) is 4.34 Å². The molecule has 0 aliphatic heterocycles. The molecule has 0 unspecified atom stereocenters. The highest BCUT2D eigenvalue weighted by atomic mass is 35.5. The van der Waals surface area contributed by atoms with E-state index in [1.807, 2.05) is 17.5 Å². The van der Waals surface area contributed by atoms with Crippen LogP contribution in [0, 0.1) is 12.7 Å². The number of fused-ring (bicyclic) bond motifs is 1. The zero-order chi connectivity index (χ0) is 19.2. The highest BCUT2D eigenvalue weighted by molar-refractivity contribution is 7.91. The Bertz CT molecular complexity index is 1230. The number of hydrogen-bond donors (Lipinski definition) is 1. The summed E-state index contributed by atoms with van der Waals surface area (Å²) in [6, 6.07) is 9.19. The van der Waals surface area contributed by atoms with Crippen molar-refractivity contribution in [1.82, 2.24) is 14.1 Å². The van der Waals surface area contributed by atoms with Gasteiger partial charge in [0, 0.05) is 28.9 Å². The van der Waals surface area contributed by atoms with Crippen LogP contribution in [0.3, 0.4) is 0 Å². The molecule has 0 fully saturated rings. The van der Waals surface area contributed by atoms with Crippen molar-refractivity contribution in [1.29, 1.82) is 0 Å². The first-order chi connectivity index (χ1) is 12.8. The fourth-order valence-corrected chi connectivity index (χ4v) is 6.25. The Balaban J connectivity index is 1.57. The molecule has 0 saturated heterocycles. The van der Waals surface area contributed by atoms with Gasteiger partial charge in [-0.2, -0.15) is 0 Å². The standard InChI is InChI=1S/C17H13ClFN3O2S3/c1-10-14(8-20-27(23,24)16-7-6-15(18)26-16)25-17-21-13(9-22(10)17)11-2-4-12(19)5-3-11/h2-7,9,20H,8H2,1H3. The molecule has 5 nitrogen and oxygen atoms in total. The average molecular weight is 442 g/mol. The van der Waals surface area contributed by atoms with Crippen LogP contribution in [-0.2, 0) is 16.6 Å². The lowest BCUT2D eigenvalue weighted by Gasteiger charge is -2.04. The normalized spacial score (nSPS) is 12.1. The number of aromatic nitrogens is 2. The van der Waals surface area contributed by atoms with Gasteiger partial charge in [-0.05, 0) is 43.3 Å². The van der Waals surface area contributed by atoms with Crippen LogP contribution in [0.5, 0.6) is 0 Å². The quantitative estimate of drug-likeness (QED) is 0.488. The zero-order valence-corrected chi connectivity index (χ0v) is 17.1. The summed E-state index contributed by atoms with van der Waals surface area (Å²) in [5, 5.41) is 0. The van der Waals surface area contributed by atoms with Crippen molar-refractivity contribution in [2.24, 2.45) is 0 Å². The zero-order valence-electron chi connectivity index (χ0n) is 13.9. The molecule has 0 amide bonds. The second-order valence-corrected chi connectivity index (χ2v) is 10.6. The Labute approximate surface area is 168 Å². The number of thiophene rings is 1. The minimum Gasteiger partial charge on any atom is -0.294 e. The largest absolute Gasteiger partial charge is 0.294 e. The van der Waals surface area contributed by atoms with E-state index in [-0.39, 0.29) is 16.6 Å². The molecule has 4 aromatic rings. The van der Waals surface area contributed by atoms with Crippen LogP contribution in [0.1, 0.15) is 10.6 Å². The van der Waals surface area contributed by atoms with Crippen molar-refractivity contribution < 1.29 is 12.8 Å². The van der Waals surface area contributed by atoms with Gasteiger partial charge in [-0.25, -0.2) is 22.5 Å². The van der Waals surface area contributed by atoms with Crippen LogP contribution in [0.15, 0.2) is 46.8 Å². The third kappa shape index (κ3) is 3.65. The first-order valence-electron chi connectivity index (χ1n) is 7.82. The van der Waals surface area contributed by atoms with E-state index in [4.69, 9.17) is 11.6 Å².